The third-order valence-corrected chi connectivity index (χ3v) is 1.87. The monoisotopic (exact) mass is 285 g/mol. The lowest BCUT2D eigenvalue weighted by Gasteiger charge is -2.01. The molecule has 0 amide bonds. The zero-order chi connectivity index (χ0) is 14.7. The second-order valence-corrected chi connectivity index (χ2v) is 3.58. The summed E-state index contributed by atoms with van der Waals surface area (Å²) >= 11 is 5.65. The number of anilines is 1. The van der Waals surface area contributed by atoms with E-state index in [1.54, 1.807) is 32.6 Å². The topological polar surface area (TPSA) is 77.3 Å². The minimum atomic E-state index is -0.519. The van der Waals surface area contributed by atoms with Gasteiger partial charge in [0.1, 0.15) is 5.15 Å². The molecule has 1 aromatic heterocycles. The quantitative estimate of drug-likeness (QED) is 0.397. The Kier molecular flexibility index (Phi) is 9.03. The van der Waals surface area contributed by atoms with Crippen LogP contribution in [-0.2, 0) is 4.74 Å². The van der Waals surface area contributed by atoms with Gasteiger partial charge in [-0.15, -0.1) is 0 Å². The van der Waals surface area contributed by atoms with Crippen molar-refractivity contribution in [2.24, 2.45) is 0 Å². The molecule has 0 aromatic carbocycles. The predicted molar refractivity (Wildman–Crippen MR) is 76.4 cm³/mol. The summed E-state index contributed by atoms with van der Waals surface area (Å²) in [6.45, 7) is 1.87. The summed E-state index contributed by atoms with van der Waals surface area (Å²) in [6.07, 6.45) is 6.86. The van der Waals surface area contributed by atoms with Gasteiger partial charge in [-0.05, 0) is 19.1 Å². The fraction of sp³-hybridized carbons (Fsp3) is 0.250. The summed E-state index contributed by atoms with van der Waals surface area (Å²) in [5.41, 5.74) is -0.116. The molecule has 104 valence electrons. The maximum atomic E-state index is 10.7. The van der Waals surface area contributed by atoms with Crippen LogP contribution in [0.2, 0.25) is 5.15 Å². The third-order valence-electron chi connectivity index (χ3n) is 1.66. The Morgan fingerprint density at radius 2 is 2.05 bits per heavy atom. The number of rotatable bonds is 4. The highest BCUT2D eigenvalue weighted by atomic mass is 35.5. The van der Waals surface area contributed by atoms with Gasteiger partial charge in [-0.25, -0.2) is 4.98 Å². The average Bonchev–Trinajstić information content (AvgIpc) is 2.35. The molecule has 0 bridgehead atoms. The Morgan fingerprint density at radius 1 is 1.42 bits per heavy atom. The maximum Gasteiger partial charge on any atom is 0.311 e. The molecule has 1 heterocycles. The molecule has 0 aliphatic carbocycles. The lowest BCUT2D eigenvalue weighted by Crippen LogP contribution is -1.98. The van der Waals surface area contributed by atoms with Crippen LogP contribution in [0.1, 0.15) is 6.92 Å². The Hall–Kier alpha value is -1.92. The van der Waals surface area contributed by atoms with Crippen LogP contribution in [0, 0.1) is 10.1 Å². The van der Waals surface area contributed by atoms with Crippen LogP contribution < -0.4 is 5.32 Å². The van der Waals surface area contributed by atoms with Crippen LogP contribution in [0.5, 0.6) is 0 Å². The van der Waals surface area contributed by atoms with Crippen molar-refractivity contribution in [1.82, 2.24) is 4.98 Å². The van der Waals surface area contributed by atoms with Crippen molar-refractivity contribution in [2.75, 3.05) is 19.5 Å². The Bertz CT molecular complexity index is 462. The van der Waals surface area contributed by atoms with Crippen molar-refractivity contribution in [3.05, 3.63) is 51.8 Å². The molecule has 1 rings (SSSR count). The summed E-state index contributed by atoms with van der Waals surface area (Å²) in [5, 5.41) is 13.6. The van der Waals surface area contributed by atoms with Crippen molar-refractivity contribution in [2.45, 2.75) is 6.92 Å². The molecule has 0 fully saturated rings. The number of nitro groups is 1. The molecule has 0 atom stereocenters. The van der Waals surface area contributed by atoms with Gasteiger partial charge in [-0.3, -0.25) is 10.1 Å². The van der Waals surface area contributed by atoms with Gasteiger partial charge < -0.3 is 10.1 Å². The fourth-order valence-corrected chi connectivity index (χ4v) is 1.12. The van der Waals surface area contributed by atoms with Gasteiger partial charge >= 0.3 is 5.69 Å². The predicted octanol–water partition coefficient (Wildman–Crippen LogP) is 3.41. The van der Waals surface area contributed by atoms with E-state index >= 15 is 0 Å². The van der Waals surface area contributed by atoms with Gasteiger partial charge in [0, 0.05) is 26.5 Å². The van der Waals surface area contributed by atoms with E-state index in [-0.39, 0.29) is 16.7 Å². The number of aromatic nitrogens is 1. The van der Waals surface area contributed by atoms with E-state index in [2.05, 4.69) is 15.0 Å². The molecule has 7 heteroatoms. The van der Waals surface area contributed by atoms with Crippen molar-refractivity contribution in [1.29, 1.82) is 0 Å². The van der Waals surface area contributed by atoms with Crippen LogP contribution in [0.15, 0.2) is 36.6 Å². The van der Waals surface area contributed by atoms with Crippen molar-refractivity contribution >= 4 is 23.1 Å². The highest BCUT2D eigenvalue weighted by Gasteiger charge is 2.14. The summed E-state index contributed by atoms with van der Waals surface area (Å²) in [7, 11) is 3.25. The SMILES string of the molecule is C/C=C/C=C/Nc1nc(Cl)ccc1[N+](=O)[O-].COC. The van der Waals surface area contributed by atoms with Gasteiger partial charge in [-0.2, -0.15) is 0 Å². The zero-order valence-electron chi connectivity index (χ0n) is 11.0. The zero-order valence-corrected chi connectivity index (χ0v) is 11.7. The van der Waals surface area contributed by atoms with Crippen LogP contribution >= 0.6 is 11.6 Å². The van der Waals surface area contributed by atoms with E-state index in [0.29, 0.717) is 0 Å². The maximum absolute atomic E-state index is 10.7. The number of hydrogen-bond donors (Lipinski definition) is 1. The second-order valence-electron chi connectivity index (χ2n) is 3.20. The van der Waals surface area contributed by atoms with Crippen LogP contribution in [0.3, 0.4) is 0 Å². The van der Waals surface area contributed by atoms with Gasteiger partial charge in [0.05, 0.1) is 4.92 Å². The first-order valence-electron chi connectivity index (χ1n) is 5.32. The standard InChI is InChI=1S/C10H10ClN3O2.C2H6O/c1-2-3-4-7-12-10-8(14(15)16)5-6-9(11)13-10;1-3-2/h2-7H,1H3,(H,12,13);1-2H3/b3-2+,7-4+;. The molecule has 0 unspecified atom stereocenters. The lowest BCUT2D eigenvalue weighted by molar-refractivity contribution is -0.384. The van der Waals surface area contributed by atoms with E-state index in [0.717, 1.165) is 0 Å². The number of nitrogens with zero attached hydrogens (tertiary/aromatic N) is 2. The molecule has 6 nitrogen and oxygen atoms in total. The first kappa shape index (κ1) is 17.1. The van der Waals surface area contributed by atoms with Gasteiger partial charge in [0.15, 0.2) is 0 Å². The average molecular weight is 286 g/mol. The van der Waals surface area contributed by atoms with Crippen LogP contribution in [0.25, 0.3) is 0 Å². The largest absolute Gasteiger partial charge is 0.388 e. The van der Waals surface area contributed by atoms with Crippen molar-refractivity contribution in [3.8, 4) is 0 Å². The van der Waals surface area contributed by atoms with E-state index in [9.17, 15) is 10.1 Å². The number of hydrogen-bond acceptors (Lipinski definition) is 5. The number of nitrogens with one attached hydrogen (secondary N) is 1. The van der Waals surface area contributed by atoms with Gasteiger partial charge in [0.2, 0.25) is 5.82 Å². The van der Waals surface area contributed by atoms with Crippen molar-refractivity contribution in [3.63, 3.8) is 0 Å². The summed E-state index contributed by atoms with van der Waals surface area (Å²) in [5.74, 6) is 0.123. The Balaban J connectivity index is 0.000000982. The minimum absolute atomic E-state index is 0.116. The van der Waals surface area contributed by atoms with Crippen LogP contribution in [0.4, 0.5) is 11.5 Å². The normalized spacial score (nSPS) is 10.3. The molecule has 0 spiro atoms. The molecule has 19 heavy (non-hydrogen) atoms. The second kappa shape index (κ2) is 10.0. The third kappa shape index (κ3) is 7.17. The van der Waals surface area contributed by atoms with E-state index in [1.807, 2.05) is 13.0 Å². The van der Waals surface area contributed by atoms with Gasteiger partial charge in [0.25, 0.3) is 0 Å². The molecule has 0 saturated carbocycles. The Morgan fingerprint density at radius 3 is 2.58 bits per heavy atom. The molecule has 0 aliphatic heterocycles. The smallest absolute Gasteiger partial charge is 0.311 e. The van der Waals surface area contributed by atoms with Gasteiger partial charge in [-0.1, -0.05) is 23.8 Å². The summed E-state index contributed by atoms with van der Waals surface area (Å²) < 4.78 is 4.25. The fourth-order valence-electron chi connectivity index (χ4n) is 0.975. The van der Waals surface area contributed by atoms with E-state index in [1.165, 1.54) is 12.1 Å². The molecular formula is C12H16ClN3O3. The summed E-state index contributed by atoms with van der Waals surface area (Å²) in [6, 6.07) is 2.68. The molecule has 1 N–H and O–H groups in total. The summed E-state index contributed by atoms with van der Waals surface area (Å²) in [4.78, 5) is 14.0. The highest BCUT2D eigenvalue weighted by molar-refractivity contribution is 6.29. The first-order chi connectivity index (χ1) is 9.06. The number of allylic oxidation sites excluding steroid dienone is 3. The molecular weight excluding hydrogens is 270 g/mol. The highest BCUT2D eigenvalue weighted by Crippen LogP contribution is 2.23. The number of ether oxygens (including phenoxy) is 1. The minimum Gasteiger partial charge on any atom is -0.388 e. The number of halogens is 1. The van der Waals surface area contributed by atoms with E-state index in [4.69, 9.17) is 11.6 Å². The molecule has 0 aliphatic rings. The van der Waals surface area contributed by atoms with Crippen LogP contribution in [-0.4, -0.2) is 24.1 Å². The molecule has 1 aromatic rings. The van der Waals surface area contributed by atoms with E-state index < -0.39 is 4.92 Å². The number of methoxy groups -OCH3 is 1. The van der Waals surface area contributed by atoms with Crippen molar-refractivity contribution < 1.29 is 9.66 Å². The first-order valence-corrected chi connectivity index (χ1v) is 5.70. The Labute approximate surface area is 116 Å². The molecule has 0 saturated heterocycles. The lowest BCUT2D eigenvalue weighted by atomic mass is 10.4. The number of pyridine rings is 1. The molecule has 0 radical (unpaired) electrons.